The molecule has 0 aromatic heterocycles. The first-order chi connectivity index (χ1) is 13.8. The fourth-order valence-corrected chi connectivity index (χ4v) is 4.66. The maximum absolute atomic E-state index is 2.36. The second-order valence-corrected chi connectivity index (χ2v) is 7.96. The Balaban J connectivity index is 1.35. The minimum atomic E-state index is 0.439. The predicted octanol–water partition coefficient (Wildman–Crippen LogP) is 6.47. The van der Waals surface area contributed by atoms with Crippen LogP contribution in [-0.4, -0.2) is 17.4 Å². The molecular weight excluding hydrogens is 360 g/mol. The Morgan fingerprint density at radius 2 is 1.86 bits per heavy atom. The van der Waals surface area contributed by atoms with E-state index in [1.54, 1.807) is 11.9 Å². The molecule has 0 saturated heterocycles. The molecule has 0 radical (unpaired) electrons. The maximum Gasteiger partial charge on any atom is 0.0366 e. The third-order valence-electron chi connectivity index (χ3n) is 5.24. The van der Waals surface area contributed by atoms with E-state index in [1.807, 2.05) is 0 Å². The van der Waals surface area contributed by atoms with Crippen molar-refractivity contribution in [3.8, 4) is 0 Å². The van der Waals surface area contributed by atoms with E-state index in [0.29, 0.717) is 5.92 Å². The molecule has 1 atom stereocenters. The molecule has 0 N–H and O–H groups in total. The third-order valence-corrected chi connectivity index (χ3v) is 6.24. The summed E-state index contributed by atoms with van der Waals surface area (Å²) in [5, 5.41) is 0. The van der Waals surface area contributed by atoms with E-state index in [4.69, 9.17) is 0 Å². The lowest BCUT2D eigenvalue weighted by Gasteiger charge is -2.21. The van der Waals surface area contributed by atoms with E-state index in [9.17, 15) is 0 Å². The van der Waals surface area contributed by atoms with Crippen LogP contribution in [0.25, 0.3) is 6.08 Å². The van der Waals surface area contributed by atoms with Crippen LogP contribution in [0.5, 0.6) is 0 Å². The van der Waals surface area contributed by atoms with E-state index in [2.05, 4.69) is 114 Å². The first kappa shape index (κ1) is 18.7. The van der Waals surface area contributed by atoms with E-state index >= 15 is 0 Å². The van der Waals surface area contributed by atoms with E-state index in [-0.39, 0.29) is 0 Å². The largest absolute Gasteiger partial charge is 0.372 e. The first-order valence-corrected chi connectivity index (χ1v) is 10.7. The van der Waals surface area contributed by atoms with Crippen LogP contribution >= 0.6 is 11.9 Å². The molecule has 0 saturated carbocycles. The summed E-state index contributed by atoms with van der Waals surface area (Å²) >= 11 is 1.78. The van der Waals surface area contributed by atoms with Gasteiger partial charge in [-0.3, -0.25) is 4.31 Å². The zero-order valence-electron chi connectivity index (χ0n) is 16.5. The Morgan fingerprint density at radius 3 is 2.64 bits per heavy atom. The fourth-order valence-electron chi connectivity index (χ4n) is 3.69. The average Bonchev–Trinajstić information content (AvgIpc) is 3.11. The van der Waals surface area contributed by atoms with Crippen molar-refractivity contribution in [3.63, 3.8) is 0 Å². The Hall–Kier alpha value is -2.65. The topological polar surface area (TPSA) is 6.48 Å². The second kappa shape index (κ2) is 8.57. The Kier molecular flexibility index (Phi) is 5.73. The van der Waals surface area contributed by atoms with Gasteiger partial charge in [0.05, 0.1) is 0 Å². The molecule has 1 aliphatic heterocycles. The highest BCUT2D eigenvalue weighted by Crippen LogP contribution is 2.44. The van der Waals surface area contributed by atoms with Gasteiger partial charge in [-0.1, -0.05) is 48.6 Å². The van der Waals surface area contributed by atoms with Crippen LogP contribution < -0.4 is 4.90 Å². The number of benzene rings is 1. The van der Waals surface area contributed by atoms with Gasteiger partial charge in [0.1, 0.15) is 0 Å². The molecule has 1 aromatic carbocycles. The van der Waals surface area contributed by atoms with Crippen molar-refractivity contribution in [2.75, 3.05) is 18.0 Å². The van der Waals surface area contributed by atoms with Crippen molar-refractivity contribution in [1.29, 1.82) is 0 Å². The van der Waals surface area contributed by atoms with Crippen LogP contribution in [0, 0.1) is 5.92 Å². The average molecular weight is 387 g/mol. The van der Waals surface area contributed by atoms with Crippen LogP contribution in [0.15, 0.2) is 101 Å². The molecule has 2 nitrogen and oxygen atoms in total. The molecule has 3 aliphatic rings. The van der Waals surface area contributed by atoms with Gasteiger partial charge in [0, 0.05) is 42.0 Å². The zero-order valence-corrected chi connectivity index (χ0v) is 17.3. The summed E-state index contributed by atoms with van der Waals surface area (Å²) in [5.74, 6) is 0.439. The molecule has 0 spiro atoms. The third kappa shape index (κ3) is 3.95. The second-order valence-electron chi connectivity index (χ2n) is 6.92. The smallest absolute Gasteiger partial charge is 0.0366 e. The minimum Gasteiger partial charge on any atom is -0.372 e. The fraction of sp³-hybridized carbons (Fsp3) is 0.200. The highest BCUT2D eigenvalue weighted by Gasteiger charge is 2.27. The summed E-state index contributed by atoms with van der Waals surface area (Å²) in [6.45, 7) is 6.46. The van der Waals surface area contributed by atoms with Gasteiger partial charge in [-0.25, -0.2) is 0 Å². The monoisotopic (exact) mass is 386 g/mol. The van der Waals surface area contributed by atoms with E-state index in [0.717, 1.165) is 13.1 Å². The number of allylic oxidation sites excluding steroid dienone is 10. The van der Waals surface area contributed by atoms with Crippen molar-refractivity contribution in [2.24, 2.45) is 5.92 Å². The summed E-state index contributed by atoms with van der Waals surface area (Å²) < 4.78 is 2.16. The quantitative estimate of drug-likeness (QED) is 0.408. The van der Waals surface area contributed by atoms with Crippen LogP contribution in [-0.2, 0) is 0 Å². The van der Waals surface area contributed by atoms with Gasteiger partial charge in [0.2, 0.25) is 0 Å². The maximum atomic E-state index is 2.36. The summed E-state index contributed by atoms with van der Waals surface area (Å²) in [7, 11) is 0. The Labute approximate surface area is 172 Å². The Bertz CT molecular complexity index is 922. The van der Waals surface area contributed by atoms with Crippen LogP contribution in [0.1, 0.15) is 19.4 Å². The molecule has 1 aromatic rings. The molecule has 2 aliphatic carbocycles. The SMILES string of the molecule is CCN(CC)c1ccc(C=CC=CN2C=CC3=C(C=C4C=CC=CC43)S2)cc1. The molecule has 28 heavy (non-hydrogen) atoms. The zero-order chi connectivity index (χ0) is 19.3. The van der Waals surface area contributed by atoms with Crippen molar-refractivity contribution >= 4 is 23.7 Å². The van der Waals surface area contributed by atoms with Gasteiger partial charge in [-0.2, -0.15) is 0 Å². The summed E-state index contributed by atoms with van der Waals surface area (Å²) in [5.41, 5.74) is 5.31. The molecule has 0 amide bonds. The van der Waals surface area contributed by atoms with Gasteiger partial charge in [0.25, 0.3) is 0 Å². The number of fused-ring (bicyclic) bond motifs is 2. The molecule has 0 bridgehead atoms. The molecule has 142 valence electrons. The normalized spacial score (nSPS) is 20.3. The summed E-state index contributed by atoms with van der Waals surface area (Å²) in [4.78, 5) is 3.70. The molecular formula is C25H26N2S. The number of hydrogen-bond acceptors (Lipinski definition) is 3. The van der Waals surface area contributed by atoms with Crippen molar-refractivity contribution in [1.82, 2.24) is 4.31 Å². The molecule has 1 heterocycles. The minimum absolute atomic E-state index is 0.439. The molecule has 3 heteroatoms. The number of hydrogen-bond donors (Lipinski definition) is 0. The van der Waals surface area contributed by atoms with Gasteiger partial charge >= 0.3 is 0 Å². The molecule has 1 unspecified atom stereocenters. The highest BCUT2D eigenvalue weighted by molar-refractivity contribution is 8.01. The van der Waals surface area contributed by atoms with Crippen LogP contribution in [0.2, 0.25) is 0 Å². The lowest BCUT2D eigenvalue weighted by molar-refractivity contribution is 0.841. The van der Waals surface area contributed by atoms with Crippen molar-refractivity contribution in [3.05, 3.63) is 107 Å². The standard InChI is InChI=1S/C25H26N2S/c1-3-26(4-2)22-14-12-20(13-15-22)9-7-8-17-27-18-16-24-23-11-6-5-10-21(23)19-25(24)28-27/h5-19,23H,3-4H2,1-2H3. The van der Waals surface area contributed by atoms with Crippen LogP contribution in [0.3, 0.4) is 0 Å². The number of anilines is 1. The molecule has 0 fully saturated rings. The van der Waals surface area contributed by atoms with E-state index < -0.39 is 0 Å². The van der Waals surface area contributed by atoms with Gasteiger partial charge in [0.15, 0.2) is 0 Å². The molecule has 4 rings (SSSR count). The lowest BCUT2D eigenvalue weighted by Crippen LogP contribution is -2.21. The first-order valence-electron chi connectivity index (χ1n) is 9.93. The highest BCUT2D eigenvalue weighted by atomic mass is 32.2. The van der Waals surface area contributed by atoms with Crippen LogP contribution in [0.4, 0.5) is 5.69 Å². The van der Waals surface area contributed by atoms with Gasteiger partial charge in [-0.05, 0) is 72.9 Å². The summed E-state index contributed by atoms with van der Waals surface area (Å²) in [6, 6.07) is 8.75. The Morgan fingerprint density at radius 1 is 1.04 bits per heavy atom. The number of nitrogens with zero attached hydrogens (tertiary/aromatic N) is 2. The van der Waals surface area contributed by atoms with Gasteiger partial charge < -0.3 is 4.90 Å². The predicted molar refractivity (Wildman–Crippen MR) is 124 cm³/mol. The van der Waals surface area contributed by atoms with Gasteiger partial charge in [-0.15, -0.1) is 0 Å². The number of rotatable bonds is 6. The van der Waals surface area contributed by atoms with E-state index in [1.165, 1.54) is 27.3 Å². The van der Waals surface area contributed by atoms with Crippen molar-refractivity contribution < 1.29 is 0 Å². The lowest BCUT2D eigenvalue weighted by atomic mass is 9.92. The summed E-state index contributed by atoms with van der Waals surface area (Å²) in [6.07, 6.45) is 23.9. The van der Waals surface area contributed by atoms with Crippen molar-refractivity contribution in [2.45, 2.75) is 13.8 Å².